The summed E-state index contributed by atoms with van der Waals surface area (Å²) in [6.45, 7) is 1.78. The van der Waals surface area contributed by atoms with E-state index in [1.807, 2.05) is 0 Å². The third-order valence-electron chi connectivity index (χ3n) is 1.11. The maximum Gasteiger partial charge on any atom is 0.293 e. The first-order valence-electron chi connectivity index (χ1n) is 3.14. The van der Waals surface area contributed by atoms with Crippen LogP contribution >= 0.6 is 11.3 Å². The van der Waals surface area contributed by atoms with Crippen LogP contribution in [0.3, 0.4) is 0 Å². The number of nitrogen functional groups attached to an aromatic ring is 1. The lowest BCUT2D eigenvalue weighted by Gasteiger charge is -1.79. The van der Waals surface area contributed by atoms with E-state index in [1.165, 1.54) is 11.3 Å². The Balaban J connectivity index is 2.98. The van der Waals surface area contributed by atoms with E-state index in [9.17, 15) is 4.79 Å². The number of nitrogens with zero attached hydrogens (tertiary/aromatic N) is 1. The Morgan fingerprint density at radius 1 is 1.67 bits per heavy atom. The summed E-state index contributed by atoms with van der Waals surface area (Å²) in [6, 6.07) is 0. The van der Waals surface area contributed by atoms with Crippen molar-refractivity contribution in [3.63, 3.8) is 0 Å². The van der Waals surface area contributed by atoms with Crippen LogP contribution in [0.25, 0.3) is 0 Å². The molecule has 1 aromatic heterocycles. The van der Waals surface area contributed by atoms with Crippen molar-refractivity contribution >= 4 is 22.4 Å². The number of hydrogen-bond acceptors (Lipinski definition) is 4. The first kappa shape index (κ1) is 8.56. The molecule has 1 amide bonds. The number of hydrogen-bond donors (Lipinski definition) is 2. The number of anilines is 1. The molecule has 0 spiro atoms. The summed E-state index contributed by atoms with van der Waals surface area (Å²) >= 11 is 1.24. The zero-order valence-electron chi connectivity index (χ0n) is 6.42. The van der Waals surface area contributed by atoms with Gasteiger partial charge in [-0.3, -0.25) is 4.79 Å². The van der Waals surface area contributed by atoms with Gasteiger partial charge in [0, 0.05) is 5.92 Å². The molecule has 4 nitrogen and oxygen atoms in total. The maximum atomic E-state index is 10.3. The molecule has 4 N–H and O–H groups in total. The van der Waals surface area contributed by atoms with Crippen LogP contribution in [-0.2, 0) is 4.79 Å². The number of rotatable bonds is 0. The van der Waals surface area contributed by atoms with Gasteiger partial charge in [-0.2, -0.15) is 0 Å². The smallest absolute Gasteiger partial charge is 0.293 e. The summed E-state index contributed by atoms with van der Waals surface area (Å²) in [5, 5.41) is 0.446. The number of carbonyl (C=O) groups excluding carboxylic acids is 1. The fourth-order valence-electron chi connectivity index (χ4n) is 0.652. The summed E-state index contributed by atoms with van der Waals surface area (Å²) in [6.07, 6.45) is 0. The molecule has 0 aliphatic rings. The predicted molar refractivity (Wildman–Crippen MR) is 47.3 cm³/mol. The van der Waals surface area contributed by atoms with E-state index in [1.54, 1.807) is 6.92 Å². The summed E-state index contributed by atoms with van der Waals surface area (Å²) in [7, 11) is 0. The minimum Gasteiger partial charge on any atom is -0.375 e. The van der Waals surface area contributed by atoms with E-state index in [-0.39, 0.29) is 0 Å². The number of primary amides is 1. The van der Waals surface area contributed by atoms with Crippen molar-refractivity contribution in [2.75, 3.05) is 5.73 Å². The van der Waals surface area contributed by atoms with Gasteiger partial charge >= 0.3 is 0 Å². The highest BCUT2D eigenvalue weighted by Gasteiger charge is 2.00. The third kappa shape index (κ3) is 1.97. The molecule has 0 aliphatic carbocycles. The molecular weight excluding hydrogens is 174 g/mol. The third-order valence-corrected chi connectivity index (χ3v) is 2.01. The Morgan fingerprint density at radius 2 is 2.33 bits per heavy atom. The van der Waals surface area contributed by atoms with Crippen LogP contribution in [-0.4, -0.2) is 10.9 Å². The fourth-order valence-corrected chi connectivity index (χ4v) is 1.34. The molecule has 5 heteroatoms. The molecule has 62 valence electrons. The van der Waals surface area contributed by atoms with Gasteiger partial charge in [0.1, 0.15) is 4.88 Å². The second kappa shape index (κ2) is 3.24. The Bertz CT molecular complexity index is 372. The van der Waals surface area contributed by atoms with E-state index < -0.39 is 5.91 Å². The van der Waals surface area contributed by atoms with Crippen LogP contribution in [0.15, 0.2) is 0 Å². The Kier molecular flexibility index (Phi) is 2.31. The second-order valence-corrected chi connectivity index (χ2v) is 3.11. The largest absolute Gasteiger partial charge is 0.375 e. The predicted octanol–water partition coefficient (Wildman–Crippen LogP) is -0.129. The van der Waals surface area contributed by atoms with Crippen LogP contribution in [0.1, 0.15) is 10.6 Å². The first-order valence-corrected chi connectivity index (χ1v) is 3.95. The maximum absolute atomic E-state index is 10.3. The highest BCUT2D eigenvalue weighted by Crippen LogP contribution is 2.17. The minimum absolute atomic E-state index is 0.446. The van der Waals surface area contributed by atoms with Gasteiger partial charge in [0.2, 0.25) is 0 Å². The van der Waals surface area contributed by atoms with Gasteiger partial charge in [0.05, 0.1) is 5.69 Å². The molecule has 0 saturated heterocycles. The van der Waals surface area contributed by atoms with Crippen LogP contribution in [0, 0.1) is 18.8 Å². The summed E-state index contributed by atoms with van der Waals surface area (Å²) in [5.41, 5.74) is 11.0. The number of nitrogens with two attached hydrogens (primary N) is 2. The van der Waals surface area contributed by atoms with E-state index >= 15 is 0 Å². The van der Waals surface area contributed by atoms with Crippen molar-refractivity contribution in [2.45, 2.75) is 6.92 Å². The number of aromatic nitrogens is 1. The SMILES string of the molecule is Cc1nc(N)sc1C#CC(N)=O. The normalized spacial score (nSPS) is 8.75. The van der Waals surface area contributed by atoms with Gasteiger partial charge in [-0.25, -0.2) is 4.98 Å². The molecule has 0 aliphatic heterocycles. The van der Waals surface area contributed by atoms with Crippen LogP contribution in [0.4, 0.5) is 5.13 Å². The fraction of sp³-hybridized carbons (Fsp3) is 0.143. The number of thiazole rings is 1. The highest BCUT2D eigenvalue weighted by molar-refractivity contribution is 7.16. The quantitative estimate of drug-likeness (QED) is 0.547. The Hall–Kier alpha value is -1.54. The van der Waals surface area contributed by atoms with Gasteiger partial charge < -0.3 is 11.5 Å². The standard InChI is InChI=1S/C7H7N3OS/c1-4-5(2-3-6(8)11)12-7(9)10-4/h1H3,(H2,8,11)(H2,9,10). The van der Waals surface area contributed by atoms with E-state index in [4.69, 9.17) is 11.5 Å². The van der Waals surface area contributed by atoms with Crippen molar-refractivity contribution in [1.82, 2.24) is 4.98 Å². The highest BCUT2D eigenvalue weighted by atomic mass is 32.1. The number of aryl methyl sites for hydroxylation is 1. The lowest BCUT2D eigenvalue weighted by atomic mass is 10.4. The lowest BCUT2D eigenvalue weighted by molar-refractivity contribution is -0.112. The van der Waals surface area contributed by atoms with Crippen molar-refractivity contribution in [3.8, 4) is 11.8 Å². The van der Waals surface area contributed by atoms with Crippen molar-refractivity contribution < 1.29 is 4.79 Å². The average molecular weight is 181 g/mol. The van der Waals surface area contributed by atoms with Gasteiger partial charge in [-0.05, 0) is 12.8 Å². The van der Waals surface area contributed by atoms with Gasteiger partial charge in [0.15, 0.2) is 5.13 Å². The average Bonchev–Trinajstić information content (AvgIpc) is 2.26. The number of carbonyl (C=O) groups is 1. The van der Waals surface area contributed by atoms with Gasteiger partial charge in [-0.1, -0.05) is 11.3 Å². The molecule has 1 aromatic rings. The molecule has 0 atom stereocenters. The first-order chi connectivity index (χ1) is 5.59. The zero-order chi connectivity index (χ0) is 9.14. The molecule has 1 heterocycles. The van der Waals surface area contributed by atoms with E-state index in [2.05, 4.69) is 16.8 Å². The molecule has 0 saturated carbocycles. The van der Waals surface area contributed by atoms with E-state index in [0.717, 1.165) is 5.69 Å². The van der Waals surface area contributed by atoms with Gasteiger partial charge in [0.25, 0.3) is 5.91 Å². The molecule has 1 rings (SSSR count). The minimum atomic E-state index is -0.652. The monoisotopic (exact) mass is 181 g/mol. The molecule has 12 heavy (non-hydrogen) atoms. The van der Waals surface area contributed by atoms with Gasteiger partial charge in [-0.15, -0.1) is 0 Å². The number of amides is 1. The van der Waals surface area contributed by atoms with Crippen molar-refractivity contribution in [1.29, 1.82) is 0 Å². The molecule has 0 radical (unpaired) electrons. The van der Waals surface area contributed by atoms with Crippen LogP contribution < -0.4 is 11.5 Å². The molecule has 0 fully saturated rings. The lowest BCUT2D eigenvalue weighted by Crippen LogP contribution is -2.06. The Labute approximate surface area is 73.6 Å². The zero-order valence-corrected chi connectivity index (χ0v) is 7.23. The Morgan fingerprint density at radius 3 is 2.75 bits per heavy atom. The molecule has 0 aromatic carbocycles. The van der Waals surface area contributed by atoms with Crippen molar-refractivity contribution in [2.24, 2.45) is 5.73 Å². The molecule has 0 unspecified atom stereocenters. The summed E-state index contributed by atoms with van der Waals surface area (Å²) in [4.78, 5) is 14.9. The van der Waals surface area contributed by atoms with E-state index in [0.29, 0.717) is 10.0 Å². The van der Waals surface area contributed by atoms with Crippen LogP contribution in [0.5, 0.6) is 0 Å². The molecular formula is C7H7N3OS. The van der Waals surface area contributed by atoms with Crippen LogP contribution in [0.2, 0.25) is 0 Å². The topological polar surface area (TPSA) is 82.0 Å². The summed E-state index contributed by atoms with van der Waals surface area (Å²) in [5.74, 6) is 4.15. The molecule has 0 bridgehead atoms. The second-order valence-electron chi connectivity index (χ2n) is 2.08. The summed E-state index contributed by atoms with van der Waals surface area (Å²) < 4.78 is 0. The van der Waals surface area contributed by atoms with Crippen molar-refractivity contribution in [3.05, 3.63) is 10.6 Å².